The molecule has 0 heterocycles. The Morgan fingerprint density at radius 1 is 1.47 bits per heavy atom. The van der Waals surface area contributed by atoms with E-state index in [9.17, 15) is 4.79 Å². The molecule has 1 atom stereocenters. The maximum atomic E-state index is 11.1. The molecular weight excluding hydrogens is 238 g/mol. The van der Waals surface area contributed by atoms with Crippen molar-refractivity contribution in [3.8, 4) is 5.75 Å². The summed E-state index contributed by atoms with van der Waals surface area (Å²) in [7, 11) is 1.66. The molecule has 1 aromatic carbocycles. The second-order valence-corrected chi connectivity index (χ2v) is 4.75. The van der Waals surface area contributed by atoms with Gasteiger partial charge in [-0.25, -0.2) is 0 Å². The summed E-state index contributed by atoms with van der Waals surface area (Å²) in [6.07, 6.45) is 2.61. The van der Waals surface area contributed by atoms with Crippen LogP contribution in [0.1, 0.15) is 24.5 Å². The highest BCUT2D eigenvalue weighted by molar-refractivity contribution is 6.31. The number of hydrogen-bond acceptors (Lipinski definition) is 2. The Morgan fingerprint density at radius 2 is 2.24 bits per heavy atom. The van der Waals surface area contributed by atoms with Crippen molar-refractivity contribution in [2.24, 2.45) is 0 Å². The minimum absolute atomic E-state index is 0.0134. The van der Waals surface area contributed by atoms with Gasteiger partial charge in [0.1, 0.15) is 5.75 Å². The van der Waals surface area contributed by atoms with E-state index in [1.165, 1.54) is 0 Å². The highest BCUT2D eigenvalue weighted by Gasteiger charge is 2.23. The summed E-state index contributed by atoms with van der Waals surface area (Å²) in [5.74, 6) is 0.874. The van der Waals surface area contributed by atoms with E-state index >= 15 is 0 Å². The van der Waals surface area contributed by atoms with Gasteiger partial charge in [-0.1, -0.05) is 11.6 Å². The van der Waals surface area contributed by atoms with Crippen molar-refractivity contribution in [1.29, 1.82) is 0 Å². The quantitative estimate of drug-likeness (QED) is 0.879. The van der Waals surface area contributed by atoms with E-state index in [0.717, 1.165) is 41.2 Å². The predicted octanol–water partition coefficient (Wildman–Crippen LogP) is 2.34. The maximum absolute atomic E-state index is 11.1. The summed E-state index contributed by atoms with van der Waals surface area (Å²) < 4.78 is 5.35. The van der Waals surface area contributed by atoms with Crippen LogP contribution in [0.25, 0.3) is 0 Å². The Hall–Kier alpha value is -1.22. The number of amides is 1. The number of methoxy groups -OCH3 is 1. The van der Waals surface area contributed by atoms with Crippen LogP contribution >= 0.6 is 11.6 Å². The maximum Gasteiger partial charge on any atom is 0.217 e. The summed E-state index contributed by atoms with van der Waals surface area (Å²) in [4.78, 5) is 11.1. The third-order valence-corrected chi connectivity index (χ3v) is 3.51. The number of fused-ring (bicyclic) bond motifs is 1. The number of carbonyl (C=O) groups excluding carboxylic acids is 1. The Bertz CT molecular complexity index is 445. The number of rotatable bonds is 2. The first-order valence-corrected chi connectivity index (χ1v) is 6.11. The van der Waals surface area contributed by atoms with Gasteiger partial charge < -0.3 is 10.1 Å². The van der Waals surface area contributed by atoms with E-state index in [-0.39, 0.29) is 11.9 Å². The number of nitrogens with one attached hydrogen (secondary N) is 1. The summed E-state index contributed by atoms with van der Waals surface area (Å²) in [6.45, 7) is 1.55. The standard InChI is InChI=1S/C13H16ClNO2/c1-8(16)15-9-3-4-10-11(7-9)13(17-2)6-5-12(10)14/h5-6,9H,3-4,7H2,1-2H3,(H,15,16)/t9-/m1/s1. The highest BCUT2D eigenvalue weighted by atomic mass is 35.5. The molecule has 1 N–H and O–H groups in total. The van der Waals surface area contributed by atoms with Gasteiger partial charge in [0.25, 0.3) is 0 Å². The molecule has 3 nitrogen and oxygen atoms in total. The molecule has 0 saturated carbocycles. The lowest BCUT2D eigenvalue weighted by molar-refractivity contribution is -0.119. The summed E-state index contributed by atoms with van der Waals surface area (Å²) in [5.41, 5.74) is 2.29. The minimum atomic E-state index is 0.0134. The lowest BCUT2D eigenvalue weighted by atomic mass is 9.87. The fourth-order valence-electron chi connectivity index (χ4n) is 2.41. The number of hydrogen-bond donors (Lipinski definition) is 1. The lowest BCUT2D eigenvalue weighted by Gasteiger charge is -2.27. The number of benzene rings is 1. The van der Waals surface area contributed by atoms with E-state index in [2.05, 4.69) is 5.32 Å². The zero-order valence-electron chi connectivity index (χ0n) is 10.0. The largest absolute Gasteiger partial charge is 0.496 e. The van der Waals surface area contributed by atoms with Crippen molar-refractivity contribution in [2.45, 2.75) is 32.2 Å². The van der Waals surface area contributed by atoms with Gasteiger partial charge in [-0.05, 0) is 37.0 Å². The highest BCUT2D eigenvalue weighted by Crippen LogP contribution is 2.34. The third kappa shape index (κ3) is 2.55. The number of ether oxygens (including phenoxy) is 1. The SMILES string of the molecule is COc1ccc(Cl)c2c1C[C@H](NC(C)=O)CC2. The Morgan fingerprint density at radius 3 is 2.88 bits per heavy atom. The first-order valence-electron chi connectivity index (χ1n) is 5.73. The van der Waals surface area contributed by atoms with Crippen LogP contribution in [-0.2, 0) is 17.6 Å². The second kappa shape index (κ2) is 4.96. The monoisotopic (exact) mass is 253 g/mol. The molecule has 0 spiro atoms. The van der Waals surface area contributed by atoms with E-state index in [1.807, 2.05) is 12.1 Å². The van der Waals surface area contributed by atoms with Gasteiger partial charge in [0.2, 0.25) is 5.91 Å². The first-order chi connectivity index (χ1) is 8.11. The molecule has 17 heavy (non-hydrogen) atoms. The molecule has 2 rings (SSSR count). The minimum Gasteiger partial charge on any atom is -0.496 e. The molecule has 0 radical (unpaired) electrons. The zero-order valence-corrected chi connectivity index (χ0v) is 10.8. The van der Waals surface area contributed by atoms with E-state index in [0.29, 0.717) is 0 Å². The molecular formula is C13H16ClNO2. The van der Waals surface area contributed by atoms with Gasteiger partial charge in [0.05, 0.1) is 7.11 Å². The van der Waals surface area contributed by atoms with Gasteiger partial charge in [-0.15, -0.1) is 0 Å². The van der Waals surface area contributed by atoms with Crippen molar-refractivity contribution < 1.29 is 9.53 Å². The van der Waals surface area contributed by atoms with Gasteiger partial charge in [0, 0.05) is 23.6 Å². The van der Waals surface area contributed by atoms with Crippen LogP contribution in [0.15, 0.2) is 12.1 Å². The number of carbonyl (C=O) groups is 1. The molecule has 0 fully saturated rings. The lowest BCUT2D eigenvalue weighted by Crippen LogP contribution is -2.37. The van der Waals surface area contributed by atoms with E-state index < -0.39 is 0 Å². The molecule has 1 amide bonds. The van der Waals surface area contributed by atoms with Crippen molar-refractivity contribution in [3.63, 3.8) is 0 Å². The fraction of sp³-hybridized carbons (Fsp3) is 0.462. The molecule has 0 bridgehead atoms. The van der Waals surface area contributed by atoms with Crippen LogP contribution < -0.4 is 10.1 Å². The van der Waals surface area contributed by atoms with Crippen LogP contribution in [0.3, 0.4) is 0 Å². The van der Waals surface area contributed by atoms with Crippen molar-refractivity contribution in [1.82, 2.24) is 5.32 Å². The average Bonchev–Trinajstić information content (AvgIpc) is 2.29. The van der Waals surface area contributed by atoms with Gasteiger partial charge in [-0.3, -0.25) is 4.79 Å². The Kier molecular flexibility index (Phi) is 3.57. The molecule has 1 aromatic rings. The molecule has 92 valence electrons. The molecule has 4 heteroatoms. The molecule has 0 saturated heterocycles. The predicted molar refractivity (Wildman–Crippen MR) is 67.6 cm³/mol. The molecule has 1 aliphatic rings. The summed E-state index contributed by atoms with van der Waals surface area (Å²) >= 11 is 6.18. The molecule has 0 aromatic heterocycles. The summed E-state index contributed by atoms with van der Waals surface area (Å²) in [5, 5.41) is 3.75. The normalized spacial score (nSPS) is 18.4. The average molecular weight is 254 g/mol. The van der Waals surface area contributed by atoms with Crippen LogP contribution in [0, 0.1) is 0 Å². The summed E-state index contributed by atoms with van der Waals surface area (Å²) in [6, 6.07) is 3.95. The van der Waals surface area contributed by atoms with Crippen LogP contribution in [-0.4, -0.2) is 19.1 Å². The van der Waals surface area contributed by atoms with Crippen LogP contribution in [0.4, 0.5) is 0 Å². The van der Waals surface area contributed by atoms with E-state index in [4.69, 9.17) is 16.3 Å². The molecule has 1 aliphatic carbocycles. The fourth-order valence-corrected chi connectivity index (χ4v) is 2.68. The van der Waals surface area contributed by atoms with Crippen molar-refractivity contribution >= 4 is 17.5 Å². The molecule has 0 unspecified atom stereocenters. The number of halogens is 1. The topological polar surface area (TPSA) is 38.3 Å². The van der Waals surface area contributed by atoms with Crippen LogP contribution in [0.5, 0.6) is 5.75 Å². The third-order valence-electron chi connectivity index (χ3n) is 3.15. The Labute approximate surface area is 106 Å². The van der Waals surface area contributed by atoms with Crippen molar-refractivity contribution in [3.05, 3.63) is 28.3 Å². The Balaban J connectivity index is 2.29. The van der Waals surface area contributed by atoms with Gasteiger partial charge in [-0.2, -0.15) is 0 Å². The molecule has 0 aliphatic heterocycles. The van der Waals surface area contributed by atoms with Gasteiger partial charge >= 0.3 is 0 Å². The van der Waals surface area contributed by atoms with Gasteiger partial charge in [0.15, 0.2) is 0 Å². The second-order valence-electron chi connectivity index (χ2n) is 4.35. The van der Waals surface area contributed by atoms with E-state index in [1.54, 1.807) is 14.0 Å². The zero-order chi connectivity index (χ0) is 12.4. The van der Waals surface area contributed by atoms with Crippen molar-refractivity contribution in [2.75, 3.05) is 7.11 Å². The smallest absolute Gasteiger partial charge is 0.217 e. The van der Waals surface area contributed by atoms with Crippen LogP contribution in [0.2, 0.25) is 5.02 Å². The first kappa shape index (κ1) is 12.2.